The van der Waals surface area contributed by atoms with Crippen LogP contribution in [0.4, 0.5) is 0 Å². The van der Waals surface area contributed by atoms with Crippen LogP contribution in [0.3, 0.4) is 0 Å². The smallest absolute Gasteiger partial charge is 0.550 e. The molecule has 0 amide bonds. The Balaban J connectivity index is -0.000000189. The molecule has 0 unspecified atom stereocenters. The first-order valence-electron chi connectivity index (χ1n) is 5.03. The molecule has 0 spiro atoms. The summed E-state index contributed by atoms with van der Waals surface area (Å²) in [6.45, 7) is 1.94. The zero-order valence-electron chi connectivity index (χ0n) is 10.0. The third-order valence-electron chi connectivity index (χ3n) is 1.29. The summed E-state index contributed by atoms with van der Waals surface area (Å²) in [6.07, 6.45) is 14.5. The first kappa shape index (κ1) is 21.3. The van der Waals surface area contributed by atoms with Gasteiger partial charge in [-0.15, -0.1) is 6.42 Å². The van der Waals surface area contributed by atoms with Gasteiger partial charge in [0.05, 0.1) is 0 Å². The Morgan fingerprint density at radius 3 is 2.06 bits per heavy atom. The van der Waals surface area contributed by atoms with E-state index in [9.17, 15) is 0 Å². The standard InChI is InChI=1S/C8H11.2C2H4O2.Rh/c1-2-4-6-8-7-5-3-1;2*1-2(3)4;/h1-3H,4,6-8H2;2*1H3,(H,3,4);/q-1;;;+3/p-2. The Kier molecular flexibility index (Phi) is 21.9. The van der Waals surface area contributed by atoms with E-state index >= 15 is 0 Å². The third kappa shape index (κ3) is 51.6. The number of carboxylic acid groups (broad SMARTS) is 2. The molecule has 1 rings (SSSR count). The molecule has 0 N–H and O–H groups in total. The molecular formula is C12H17O4Rh. The molecule has 5 heteroatoms. The van der Waals surface area contributed by atoms with Crippen molar-refractivity contribution in [1.29, 1.82) is 0 Å². The van der Waals surface area contributed by atoms with Gasteiger partial charge in [-0.05, 0) is 13.8 Å². The number of carbonyl (C=O) groups excluding carboxylic acids is 2. The van der Waals surface area contributed by atoms with E-state index in [4.69, 9.17) is 19.8 Å². The Hall–Kier alpha value is -0.957. The molecule has 98 valence electrons. The maximum Gasteiger partial charge on any atom is 3.00 e. The maximum absolute atomic E-state index is 8.89. The molecule has 0 atom stereocenters. The van der Waals surface area contributed by atoms with E-state index in [1.54, 1.807) is 0 Å². The van der Waals surface area contributed by atoms with Gasteiger partial charge in [0.25, 0.3) is 0 Å². The minimum Gasteiger partial charge on any atom is -0.550 e. The molecule has 0 aromatic heterocycles. The van der Waals surface area contributed by atoms with Crippen molar-refractivity contribution in [2.24, 2.45) is 0 Å². The van der Waals surface area contributed by atoms with E-state index < -0.39 is 11.9 Å². The molecule has 0 saturated heterocycles. The number of allylic oxidation sites excluding steroid dienone is 4. The van der Waals surface area contributed by atoms with Crippen LogP contribution in [0.2, 0.25) is 0 Å². The van der Waals surface area contributed by atoms with Crippen molar-refractivity contribution in [3.63, 3.8) is 0 Å². The van der Waals surface area contributed by atoms with Gasteiger partial charge >= 0.3 is 19.5 Å². The minimum atomic E-state index is -1.08. The van der Waals surface area contributed by atoms with Crippen molar-refractivity contribution in [3.05, 3.63) is 24.3 Å². The number of rotatable bonds is 0. The van der Waals surface area contributed by atoms with Gasteiger partial charge in [-0.2, -0.15) is 6.08 Å². The SMILES string of the molecule is CC(=O)[O-].CC(=O)[O-].[C-]1=CC=CCCCC1.[Rh+3]. The summed E-state index contributed by atoms with van der Waals surface area (Å²) in [5.41, 5.74) is 0. The minimum absolute atomic E-state index is 0. The zero-order chi connectivity index (χ0) is 12.8. The van der Waals surface area contributed by atoms with E-state index in [0.29, 0.717) is 0 Å². The first-order chi connectivity index (χ1) is 7.46. The second-order valence-corrected chi connectivity index (χ2v) is 3.03. The van der Waals surface area contributed by atoms with Crippen molar-refractivity contribution in [1.82, 2.24) is 0 Å². The number of aliphatic carboxylic acids is 2. The summed E-state index contributed by atoms with van der Waals surface area (Å²) in [5.74, 6) is -2.17. The van der Waals surface area contributed by atoms with Crippen LogP contribution in [-0.2, 0) is 29.1 Å². The average molecular weight is 328 g/mol. The van der Waals surface area contributed by atoms with Gasteiger partial charge in [-0.1, -0.05) is 19.3 Å². The van der Waals surface area contributed by atoms with Crippen LogP contribution >= 0.6 is 0 Å². The Labute approximate surface area is 115 Å². The molecule has 1 aliphatic carbocycles. The van der Waals surface area contributed by atoms with E-state index in [0.717, 1.165) is 20.3 Å². The van der Waals surface area contributed by atoms with Gasteiger partial charge in [0, 0.05) is 11.9 Å². The molecule has 0 aromatic carbocycles. The van der Waals surface area contributed by atoms with Crippen molar-refractivity contribution in [2.45, 2.75) is 39.5 Å². The summed E-state index contributed by atoms with van der Waals surface area (Å²) >= 11 is 0. The van der Waals surface area contributed by atoms with Crippen LogP contribution < -0.4 is 10.2 Å². The summed E-state index contributed by atoms with van der Waals surface area (Å²) in [7, 11) is 0. The summed E-state index contributed by atoms with van der Waals surface area (Å²) in [5, 5.41) is 17.8. The molecule has 0 aliphatic heterocycles. The summed E-state index contributed by atoms with van der Waals surface area (Å²) in [4.78, 5) is 17.8. The van der Waals surface area contributed by atoms with Gasteiger partial charge < -0.3 is 19.8 Å². The molecule has 1 aliphatic rings. The van der Waals surface area contributed by atoms with Crippen LogP contribution in [0.5, 0.6) is 0 Å². The molecule has 0 aromatic rings. The summed E-state index contributed by atoms with van der Waals surface area (Å²) in [6, 6.07) is 0. The van der Waals surface area contributed by atoms with Crippen LogP contribution in [0.1, 0.15) is 39.5 Å². The van der Waals surface area contributed by atoms with Gasteiger partial charge in [0.15, 0.2) is 0 Å². The predicted octanol–water partition coefficient (Wildman–Crippen LogP) is -0.0141. The Bertz CT molecular complexity index is 213. The molecule has 0 bridgehead atoms. The van der Waals surface area contributed by atoms with E-state index in [1.165, 1.54) is 19.3 Å². The summed E-state index contributed by atoms with van der Waals surface area (Å²) < 4.78 is 0. The molecule has 0 fully saturated rings. The van der Waals surface area contributed by atoms with Gasteiger partial charge in [0.2, 0.25) is 0 Å². The van der Waals surface area contributed by atoms with Crippen LogP contribution in [0, 0.1) is 6.08 Å². The number of hydrogen-bond acceptors (Lipinski definition) is 4. The Morgan fingerprint density at radius 1 is 1.12 bits per heavy atom. The van der Waals surface area contributed by atoms with Crippen molar-refractivity contribution < 1.29 is 39.3 Å². The molecular weight excluding hydrogens is 311 g/mol. The molecule has 4 nitrogen and oxygen atoms in total. The second-order valence-electron chi connectivity index (χ2n) is 3.03. The van der Waals surface area contributed by atoms with Gasteiger partial charge in [-0.3, -0.25) is 6.08 Å². The van der Waals surface area contributed by atoms with Crippen molar-refractivity contribution in [2.75, 3.05) is 0 Å². The molecule has 0 saturated carbocycles. The van der Waals surface area contributed by atoms with E-state index in [1.807, 2.05) is 6.08 Å². The van der Waals surface area contributed by atoms with Gasteiger partial charge in [0.1, 0.15) is 0 Å². The quantitative estimate of drug-likeness (QED) is 0.463. The second kappa shape index (κ2) is 17.4. The number of hydrogen-bond donors (Lipinski definition) is 0. The van der Waals surface area contributed by atoms with Gasteiger partial charge in [-0.25, -0.2) is 12.2 Å². The topological polar surface area (TPSA) is 80.3 Å². The number of carbonyl (C=O) groups is 2. The van der Waals surface area contributed by atoms with Crippen molar-refractivity contribution in [3.8, 4) is 0 Å². The fourth-order valence-corrected chi connectivity index (χ4v) is 0.805. The maximum atomic E-state index is 8.89. The van der Waals surface area contributed by atoms with E-state index in [-0.39, 0.29) is 19.5 Å². The monoisotopic (exact) mass is 328 g/mol. The third-order valence-corrected chi connectivity index (χ3v) is 1.29. The van der Waals surface area contributed by atoms with Crippen LogP contribution in [0.25, 0.3) is 0 Å². The zero-order valence-corrected chi connectivity index (χ0v) is 11.7. The normalized spacial score (nSPS) is 12.4. The largest absolute Gasteiger partial charge is 3.00 e. The van der Waals surface area contributed by atoms with Crippen LogP contribution in [-0.4, -0.2) is 11.9 Å². The fraction of sp³-hybridized carbons (Fsp3) is 0.500. The van der Waals surface area contributed by atoms with E-state index in [2.05, 4.69) is 18.2 Å². The van der Waals surface area contributed by atoms with Crippen molar-refractivity contribution >= 4 is 11.9 Å². The first-order valence-corrected chi connectivity index (χ1v) is 5.03. The molecule has 0 radical (unpaired) electrons. The average Bonchev–Trinajstić information content (AvgIpc) is 1.98. The Morgan fingerprint density at radius 2 is 1.59 bits per heavy atom. The predicted molar refractivity (Wildman–Crippen MR) is 56.8 cm³/mol. The molecule has 0 heterocycles. The number of carboxylic acids is 2. The fourth-order valence-electron chi connectivity index (χ4n) is 0.805. The van der Waals surface area contributed by atoms with Crippen LogP contribution in [0.15, 0.2) is 18.2 Å². The molecule has 17 heavy (non-hydrogen) atoms.